The molecule has 0 saturated heterocycles. The smallest absolute Gasteiger partial charge is 0.382 e. The van der Waals surface area contributed by atoms with E-state index in [1.807, 2.05) is 0 Å². The Balaban J connectivity index is 3.85. The number of nitro groups is 3. The van der Waals surface area contributed by atoms with Crippen molar-refractivity contribution >= 4 is 34.8 Å². The molecule has 118 valence electrons. The largest absolute Gasteiger partial charge is 0.488 e. The Morgan fingerprint density at radius 3 is 1.95 bits per heavy atom. The quantitative estimate of drug-likeness (QED) is 0.247. The SMILES string of the molecule is COC1=C([N+](=O)[O-])C(Cl)C(N)([N+](=O)[O-])C(Cl)C1(Cl)[N+](=O)[O-]. The molecule has 0 aromatic carbocycles. The number of nitrogens with zero attached hydrogens (tertiary/aromatic N) is 3. The van der Waals surface area contributed by atoms with Crippen LogP contribution in [0.2, 0.25) is 0 Å². The summed E-state index contributed by atoms with van der Waals surface area (Å²) < 4.78 is 4.57. The monoisotopic (exact) mass is 364 g/mol. The number of methoxy groups -OCH3 is 1. The van der Waals surface area contributed by atoms with E-state index in [4.69, 9.17) is 40.5 Å². The second-order valence-corrected chi connectivity index (χ2v) is 5.42. The van der Waals surface area contributed by atoms with E-state index in [2.05, 4.69) is 4.74 Å². The number of nitrogens with two attached hydrogens (primary N) is 1. The van der Waals surface area contributed by atoms with Gasteiger partial charge in [0, 0.05) is 4.92 Å². The number of alkyl halides is 3. The first kappa shape index (κ1) is 17.6. The van der Waals surface area contributed by atoms with Crippen LogP contribution in [0, 0.1) is 30.3 Å². The first-order valence-electron chi connectivity index (χ1n) is 4.95. The molecule has 0 saturated carbocycles. The van der Waals surface area contributed by atoms with E-state index in [1.54, 1.807) is 0 Å². The lowest BCUT2D eigenvalue weighted by Gasteiger charge is -2.36. The van der Waals surface area contributed by atoms with Gasteiger partial charge in [-0.05, 0) is 11.6 Å². The van der Waals surface area contributed by atoms with Crippen LogP contribution in [0.15, 0.2) is 11.5 Å². The second-order valence-electron chi connectivity index (χ2n) is 3.98. The van der Waals surface area contributed by atoms with Crippen LogP contribution >= 0.6 is 34.8 Å². The van der Waals surface area contributed by atoms with Crippen molar-refractivity contribution in [2.45, 2.75) is 21.4 Å². The highest BCUT2D eigenvalue weighted by Gasteiger charge is 2.77. The number of ether oxygens (including phenoxy) is 1. The molecule has 14 heteroatoms. The fourth-order valence-corrected chi connectivity index (χ4v) is 3.03. The molecule has 1 rings (SSSR count). The summed E-state index contributed by atoms with van der Waals surface area (Å²) in [6, 6.07) is 0. The van der Waals surface area contributed by atoms with Gasteiger partial charge in [-0.15, -0.1) is 23.2 Å². The van der Waals surface area contributed by atoms with Crippen molar-refractivity contribution in [1.29, 1.82) is 0 Å². The maximum absolute atomic E-state index is 11.2. The van der Waals surface area contributed by atoms with Gasteiger partial charge in [0.1, 0.15) is 0 Å². The van der Waals surface area contributed by atoms with Crippen LogP contribution in [-0.4, -0.2) is 43.3 Å². The van der Waals surface area contributed by atoms with Gasteiger partial charge >= 0.3 is 16.4 Å². The van der Waals surface area contributed by atoms with Crippen molar-refractivity contribution in [3.05, 3.63) is 41.8 Å². The third-order valence-electron chi connectivity index (χ3n) is 2.92. The molecule has 0 heterocycles. The summed E-state index contributed by atoms with van der Waals surface area (Å²) >= 11 is 17.1. The lowest BCUT2D eigenvalue weighted by molar-refractivity contribution is -0.605. The first-order valence-corrected chi connectivity index (χ1v) is 6.20. The van der Waals surface area contributed by atoms with Crippen LogP contribution in [0.5, 0.6) is 0 Å². The van der Waals surface area contributed by atoms with Crippen LogP contribution in [0.25, 0.3) is 0 Å². The maximum Gasteiger partial charge on any atom is 0.382 e. The van der Waals surface area contributed by atoms with Gasteiger partial charge in [-0.25, -0.2) is 0 Å². The Bertz CT molecular complexity index is 556. The van der Waals surface area contributed by atoms with Gasteiger partial charge < -0.3 is 4.74 Å². The van der Waals surface area contributed by atoms with Gasteiger partial charge in [0.2, 0.25) is 10.8 Å². The standard InChI is InChI=1S/C7H7Cl3N4O7/c1-21-4-2(12(15)16)3(8)7(11,14(19)20)5(9)6(4,10)13(17)18/h3,5H,11H2,1H3. The number of halogens is 3. The Morgan fingerprint density at radius 1 is 1.19 bits per heavy atom. The molecule has 11 nitrogen and oxygen atoms in total. The van der Waals surface area contributed by atoms with Crippen molar-refractivity contribution in [3.63, 3.8) is 0 Å². The Morgan fingerprint density at radius 2 is 1.67 bits per heavy atom. The lowest BCUT2D eigenvalue weighted by Crippen LogP contribution is -2.72. The fraction of sp³-hybridized carbons (Fsp3) is 0.714. The molecule has 4 atom stereocenters. The fourth-order valence-electron chi connectivity index (χ4n) is 1.85. The highest BCUT2D eigenvalue weighted by atomic mass is 35.5. The Labute approximate surface area is 131 Å². The first-order chi connectivity index (χ1) is 9.47. The summed E-state index contributed by atoms with van der Waals surface area (Å²) in [6.07, 6.45) is 0. The minimum absolute atomic E-state index is 0.850. The summed E-state index contributed by atoms with van der Waals surface area (Å²) in [5.41, 5.74) is 1.25. The molecule has 1 aliphatic rings. The summed E-state index contributed by atoms with van der Waals surface area (Å²) in [5.74, 6) is -1.01. The third-order valence-corrected chi connectivity index (χ3v) is 4.78. The van der Waals surface area contributed by atoms with Gasteiger partial charge in [-0.1, -0.05) is 0 Å². The van der Waals surface area contributed by atoms with Crippen LogP contribution in [0.3, 0.4) is 0 Å². The third kappa shape index (κ3) is 2.16. The predicted octanol–water partition coefficient (Wildman–Crippen LogP) is 0.493. The predicted molar refractivity (Wildman–Crippen MR) is 69.8 cm³/mol. The van der Waals surface area contributed by atoms with E-state index in [-0.39, 0.29) is 0 Å². The molecule has 0 spiro atoms. The molecule has 0 radical (unpaired) electrons. The summed E-state index contributed by atoms with van der Waals surface area (Å²) in [5, 5.41) is 29.0. The Hall–Kier alpha value is -1.43. The van der Waals surface area contributed by atoms with Crippen molar-refractivity contribution in [1.82, 2.24) is 0 Å². The van der Waals surface area contributed by atoms with E-state index >= 15 is 0 Å². The van der Waals surface area contributed by atoms with Crippen molar-refractivity contribution < 1.29 is 19.5 Å². The van der Waals surface area contributed by atoms with Crippen molar-refractivity contribution in [2.24, 2.45) is 5.73 Å². The molecule has 0 aliphatic heterocycles. The van der Waals surface area contributed by atoms with E-state index in [1.165, 1.54) is 0 Å². The average Bonchev–Trinajstić information content (AvgIpc) is 2.38. The van der Waals surface area contributed by atoms with Crippen molar-refractivity contribution in [2.75, 3.05) is 7.11 Å². The molecule has 0 fully saturated rings. The summed E-state index contributed by atoms with van der Waals surface area (Å²) in [7, 11) is 0.850. The topological polar surface area (TPSA) is 165 Å². The molecule has 0 bridgehead atoms. The second kappa shape index (κ2) is 5.40. The number of rotatable bonds is 4. The average molecular weight is 366 g/mol. The molecular formula is C7H7Cl3N4O7. The van der Waals surface area contributed by atoms with Gasteiger partial charge in [-0.2, -0.15) is 0 Å². The van der Waals surface area contributed by atoms with Crippen LogP contribution in [0.4, 0.5) is 0 Å². The maximum atomic E-state index is 11.2. The summed E-state index contributed by atoms with van der Waals surface area (Å²) in [4.78, 5) is 26.6. The molecule has 4 unspecified atom stereocenters. The van der Waals surface area contributed by atoms with Gasteiger partial charge in [0.15, 0.2) is 0 Å². The molecule has 21 heavy (non-hydrogen) atoms. The van der Waals surface area contributed by atoms with Crippen molar-refractivity contribution in [3.8, 4) is 0 Å². The summed E-state index contributed by atoms with van der Waals surface area (Å²) in [6.45, 7) is 0. The zero-order valence-electron chi connectivity index (χ0n) is 10.1. The lowest BCUT2D eigenvalue weighted by atomic mass is 9.87. The minimum atomic E-state index is -3.02. The zero-order chi connectivity index (χ0) is 16.7. The zero-order valence-corrected chi connectivity index (χ0v) is 12.3. The van der Waals surface area contributed by atoms with E-state index in [9.17, 15) is 30.3 Å². The van der Waals surface area contributed by atoms with Crippen LogP contribution < -0.4 is 5.73 Å². The Kier molecular flexibility index (Phi) is 4.53. The molecule has 1 aliphatic carbocycles. The molecule has 0 aromatic rings. The normalized spacial score (nSPS) is 36.2. The molecule has 2 N–H and O–H groups in total. The van der Waals surface area contributed by atoms with E-state index < -0.39 is 47.6 Å². The van der Waals surface area contributed by atoms with E-state index in [0.29, 0.717) is 0 Å². The molecular weight excluding hydrogens is 358 g/mol. The van der Waals surface area contributed by atoms with Gasteiger partial charge in [0.05, 0.1) is 17.0 Å². The molecule has 0 amide bonds. The van der Waals surface area contributed by atoms with Gasteiger partial charge in [0.25, 0.3) is 5.76 Å². The van der Waals surface area contributed by atoms with E-state index in [0.717, 1.165) is 7.11 Å². The van der Waals surface area contributed by atoms with Crippen LogP contribution in [0.1, 0.15) is 0 Å². The molecule has 0 aromatic heterocycles. The number of hydrogen-bond donors (Lipinski definition) is 1. The van der Waals surface area contributed by atoms with Gasteiger partial charge in [-0.3, -0.25) is 36.1 Å². The highest BCUT2D eigenvalue weighted by molar-refractivity contribution is 6.35. The number of hydrogen-bond acceptors (Lipinski definition) is 8. The van der Waals surface area contributed by atoms with Crippen LogP contribution in [-0.2, 0) is 4.74 Å². The minimum Gasteiger partial charge on any atom is -0.488 e. The highest BCUT2D eigenvalue weighted by Crippen LogP contribution is 2.48.